The van der Waals surface area contributed by atoms with Gasteiger partial charge in [-0.3, -0.25) is 14.4 Å². The summed E-state index contributed by atoms with van der Waals surface area (Å²) in [5, 5.41) is 14.3. The molecule has 2 saturated carbocycles. The molecule has 1 heterocycles. The van der Waals surface area contributed by atoms with Crippen LogP contribution in [0.5, 0.6) is 0 Å². The average molecular weight is 352 g/mol. The third-order valence-corrected chi connectivity index (χ3v) is 5.72. The Balaban J connectivity index is 1.64. The van der Waals surface area contributed by atoms with Gasteiger partial charge in [0.25, 0.3) is 0 Å². The minimum Gasteiger partial charge on any atom is -0.481 e. The number of hydrogen-bond acceptors (Lipinski definition) is 6. The lowest BCUT2D eigenvalue weighted by Gasteiger charge is -2.26. The number of carbonyl (C=O) groups excluding carboxylic acids is 2. The molecule has 2 aliphatic carbocycles. The standard InChI is InChI=1S/C16H20N2O5S/c1-2-23-11(19)6-10-7-24-16(17-10)18-14(20)12-8-3-4-9(5-8)13(12)15(21)22/h7-9,12-13H,2-6H2,1H3,(H,21,22)(H,17,18,20)/t8-,9-,12-,13-/m0/s1. The van der Waals surface area contributed by atoms with Crippen LogP contribution in [0.1, 0.15) is 31.9 Å². The van der Waals surface area contributed by atoms with Gasteiger partial charge in [0, 0.05) is 5.38 Å². The first-order chi connectivity index (χ1) is 11.5. The van der Waals surface area contributed by atoms with E-state index in [0.717, 1.165) is 19.3 Å². The largest absolute Gasteiger partial charge is 0.481 e. The number of carboxylic acids is 1. The molecule has 0 saturated heterocycles. The number of esters is 1. The van der Waals surface area contributed by atoms with Gasteiger partial charge >= 0.3 is 11.9 Å². The number of ether oxygens (including phenoxy) is 1. The average Bonchev–Trinajstić information content (AvgIpc) is 3.22. The van der Waals surface area contributed by atoms with Gasteiger partial charge in [-0.05, 0) is 38.0 Å². The fourth-order valence-corrected chi connectivity index (χ4v) is 4.73. The third-order valence-electron chi connectivity index (χ3n) is 4.92. The van der Waals surface area contributed by atoms with Crippen LogP contribution in [0.3, 0.4) is 0 Å². The number of aromatic nitrogens is 1. The zero-order valence-corrected chi connectivity index (χ0v) is 14.2. The van der Waals surface area contributed by atoms with Crippen LogP contribution in [-0.4, -0.2) is 34.5 Å². The Kier molecular flexibility index (Phi) is 4.84. The van der Waals surface area contributed by atoms with Crippen molar-refractivity contribution < 1.29 is 24.2 Å². The number of nitrogens with one attached hydrogen (secondary N) is 1. The fourth-order valence-electron chi connectivity index (χ4n) is 4.02. The van der Waals surface area contributed by atoms with Crippen LogP contribution < -0.4 is 5.32 Å². The normalized spacial score (nSPS) is 27.9. The van der Waals surface area contributed by atoms with Crippen molar-refractivity contribution in [2.75, 3.05) is 11.9 Å². The molecule has 1 aromatic heterocycles. The van der Waals surface area contributed by atoms with E-state index >= 15 is 0 Å². The maximum Gasteiger partial charge on any atom is 0.311 e. The van der Waals surface area contributed by atoms with Gasteiger partial charge in [0.05, 0.1) is 30.6 Å². The molecule has 1 aromatic rings. The molecular weight excluding hydrogens is 332 g/mol. The van der Waals surface area contributed by atoms with Crippen LogP contribution in [0, 0.1) is 23.7 Å². The first kappa shape index (κ1) is 16.9. The minimum atomic E-state index is -0.885. The zero-order chi connectivity index (χ0) is 17.3. The minimum absolute atomic E-state index is 0.0616. The lowest BCUT2D eigenvalue weighted by atomic mass is 9.79. The highest BCUT2D eigenvalue weighted by molar-refractivity contribution is 7.13. The summed E-state index contributed by atoms with van der Waals surface area (Å²) in [5.41, 5.74) is 0.538. The number of aliphatic carboxylic acids is 1. The van der Waals surface area contributed by atoms with Crippen LogP contribution >= 0.6 is 11.3 Å². The monoisotopic (exact) mass is 352 g/mol. The second-order valence-corrected chi connectivity index (χ2v) is 7.20. The fraction of sp³-hybridized carbons (Fsp3) is 0.625. The van der Waals surface area contributed by atoms with Gasteiger partial charge in [0.2, 0.25) is 5.91 Å². The van der Waals surface area contributed by atoms with Crippen molar-refractivity contribution in [1.82, 2.24) is 4.98 Å². The molecule has 2 bridgehead atoms. The van der Waals surface area contributed by atoms with E-state index in [4.69, 9.17) is 4.74 Å². The van der Waals surface area contributed by atoms with Crippen molar-refractivity contribution in [3.63, 3.8) is 0 Å². The van der Waals surface area contributed by atoms with E-state index in [1.807, 2.05) is 0 Å². The Labute approximate surface area is 143 Å². The van der Waals surface area contributed by atoms with Gasteiger partial charge in [-0.1, -0.05) is 0 Å². The molecule has 130 valence electrons. The first-order valence-corrected chi connectivity index (χ1v) is 9.01. The quantitative estimate of drug-likeness (QED) is 0.758. The highest BCUT2D eigenvalue weighted by Gasteiger charge is 2.54. The SMILES string of the molecule is CCOC(=O)Cc1csc(NC(=O)[C@H]2[C@H]3CC[C@@H](C3)[C@@H]2C(=O)O)n1. The Hall–Kier alpha value is -1.96. The predicted octanol–water partition coefficient (Wildman–Crippen LogP) is 1.93. The summed E-state index contributed by atoms with van der Waals surface area (Å²) in [6.45, 7) is 2.05. The summed E-state index contributed by atoms with van der Waals surface area (Å²) in [5.74, 6) is -2.34. The third kappa shape index (κ3) is 3.28. The number of hydrogen-bond donors (Lipinski definition) is 2. The maximum absolute atomic E-state index is 12.6. The molecule has 0 radical (unpaired) electrons. The van der Waals surface area contributed by atoms with Crippen molar-refractivity contribution in [1.29, 1.82) is 0 Å². The predicted molar refractivity (Wildman–Crippen MR) is 86.5 cm³/mol. The van der Waals surface area contributed by atoms with E-state index in [9.17, 15) is 19.5 Å². The molecule has 0 aromatic carbocycles. The molecule has 8 heteroatoms. The Morgan fingerprint density at radius 2 is 2.04 bits per heavy atom. The highest BCUT2D eigenvalue weighted by Crippen LogP contribution is 2.52. The number of fused-ring (bicyclic) bond motifs is 2. The molecule has 2 fully saturated rings. The molecule has 0 aliphatic heterocycles. The van der Waals surface area contributed by atoms with Crippen molar-refractivity contribution in [3.05, 3.63) is 11.1 Å². The molecule has 2 N–H and O–H groups in total. The molecule has 4 atom stereocenters. The number of amides is 1. The maximum atomic E-state index is 12.6. The zero-order valence-electron chi connectivity index (χ0n) is 13.4. The first-order valence-electron chi connectivity index (χ1n) is 8.13. The van der Waals surface area contributed by atoms with E-state index < -0.39 is 17.8 Å². The molecule has 7 nitrogen and oxygen atoms in total. The van der Waals surface area contributed by atoms with Crippen molar-refractivity contribution in [3.8, 4) is 0 Å². The number of thiazole rings is 1. The van der Waals surface area contributed by atoms with Gasteiger partial charge in [-0.15, -0.1) is 11.3 Å². The lowest BCUT2D eigenvalue weighted by Crippen LogP contribution is -2.37. The van der Waals surface area contributed by atoms with Crippen molar-refractivity contribution in [2.24, 2.45) is 23.7 Å². The van der Waals surface area contributed by atoms with Gasteiger partial charge in [0.1, 0.15) is 0 Å². The Morgan fingerprint density at radius 1 is 1.33 bits per heavy atom. The summed E-state index contributed by atoms with van der Waals surface area (Å²) in [6, 6.07) is 0. The second-order valence-electron chi connectivity index (χ2n) is 6.34. The van der Waals surface area contributed by atoms with Gasteiger partial charge in [-0.2, -0.15) is 0 Å². The summed E-state index contributed by atoms with van der Waals surface area (Å²) < 4.78 is 4.86. The summed E-state index contributed by atoms with van der Waals surface area (Å²) in [6.07, 6.45) is 2.69. The van der Waals surface area contributed by atoms with Gasteiger partial charge in [-0.25, -0.2) is 4.98 Å². The van der Waals surface area contributed by atoms with Crippen LogP contribution in [0.25, 0.3) is 0 Å². The molecule has 3 rings (SSSR count). The van der Waals surface area contributed by atoms with Crippen molar-refractivity contribution >= 4 is 34.3 Å². The molecule has 2 aliphatic rings. The summed E-state index contributed by atoms with van der Waals surface area (Å²) in [4.78, 5) is 39.7. The van der Waals surface area contributed by atoms with E-state index in [2.05, 4.69) is 10.3 Å². The van der Waals surface area contributed by atoms with E-state index in [-0.39, 0.29) is 30.1 Å². The Bertz CT molecular complexity index is 659. The number of carbonyl (C=O) groups is 3. The summed E-state index contributed by atoms with van der Waals surface area (Å²) >= 11 is 1.23. The van der Waals surface area contributed by atoms with Crippen LogP contribution in [0.2, 0.25) is 0 Å². The summed E-state index contributed by atoms with van der Waals surface area (Å²) in [7, 11) is 0. The number of anilines is 1. The molecule has 1 amide bonds. The van der Waals surface area contributed by atoms with Crippen LogP contribution in [0.15, 0.2) is 5.38 Å². The van der Waals surface area contributed by atoms with Gasteiger partial charge < -0.3 is 15.2 Å². The number of rotatable bonds is 6. The van der Waals surface area contributed by atoms with Gasteiger partial charge in [0.15, 0.2) is 5.13 Å². The molecule has 24 heavy (non-hydrogen) atoms. The molecule has 0 unspecified atom stereocenters. The van der Waals surface area contributed by atoms with E-state index in [1.54, 1.807) is 12.3 Å². The number of carboxylic acid groups (broad SMARTS) is 1. The van der Waals surface area contributed by atoms with Crippen molar-refractivity contribution in [2.45, 2.75) is 32.6 Å². The lowest BCUT2D eigenvalue weighted by molar-refractivity contribution is -0.148. The molecule has 0 spiro atoms. The smallest absolute Gasteiger partial charge is 0.311 e. The number of nitrogens with zero attached hydrogens (tertiary/aromatic N) is 1. The van der Waals surface area contributed by atoms with Crippen LogP contribution in [-0.2, 0) is 25.5 Å². The Morgan fingerprint density at radius 3 is 2.71 bits per heavy atom. The highest BCUT2D eigenvalue weighted by atomic mass is 32.1. The van der Waals surface area contributed by atoms with E-state index in [1.165, 1.54) is 11.3 Å². The van der Waals surface area contributed by atoms with Crippen LogP contribution in [0.4, 0.5) is 5.13 Å². The molecular formula is C16H20N2O5S. The van der Waals surface area contributed by atoms with E-state index in [0.29, 0.717) is 17.4 Å². The second kappa shape index (κ2) is 6.88. The topological polar surface area (TPSA) is 106 Å².